The van der Waals surface area contributed by atoms with Crippen molar-refractivity contribution in [1.29, 1.82) is 0 Å². The number of benzene rings is 1. The number of carbonyl (C=O) groups excluding carboxylic acids is 1. The molecular formula is C16H23NO. The summed E-state index contributed by atoms with van der Waals surface area (Å²) in [6.07, 6.45) is 3.65. The Morgan fingerprint density at radius 2 is 1.89 bits per heavy atom. The van der Waals surface area contributed by atoms with Crippen LogP contribution in [0.1, 0.15) is 44.2 Å². The van der Waals surface area contributed by atoms with Crippen LogP contribution in [0.4, 0.5) is 0 Å². The highest BCUT2D eigenvalue weighted by atomic mass is 16.1. The number of nitrogens with one attached hydrogen (secondary N) is 1. The van der Waals surface area contributed by atoms with Crippen molar-refractivity contribution in [2.45, 2.75) is 45.4 Å². The smallest absolute Gasteiger partial charge is 0.222 e. The molecule has 1 fully saturated rings. The normalized spacial score (nSPS) is 17.3. The Morgan fingerprint density at radius 1 is 1.28 bits per heavy atom. The molecule has 1 aliphatic carbocycles. The van der Waals surface area contributed by atoms with Crippen molar-refractivity contribution in [1.82, 2.24) is 5.32 Å². The van der Waals surface area contributed by atoms with Crippen LogP contribution < -0.4 is 5.32 Å². The maximum Gasteiger partial charge on any atom is 0.222 e. The molecule has 0 aliphatic heterocycles. The second-order valence-corrected chi connectivity index (χ2v) is 5.87. The third kappa shape index (κ3) is 2.58. The summed E-state index contributed by atoms with van der Waals surface area (Å²) >= 11 is 0. The predicted octanol–water partition coefficient (Wildman–Crippen LogP) is 3.19. The van der Waals surface area contributed by atoms with Crippen LogP contribution in [0.15, 0.2) is 24.3 Å². The molecule has 18 heavy (non-hydrogen) atoms. The van der Waals surface area contributed by atoms with Gasteiger partial charge in [-0.2, -0.15) is 0 Å². The van der Waals surface area contributed by atoms with Gasteiger partial charge in [0.05, 0.1) is 0 Å². The summed E-state index contributed by atoms with van der Waals surface area (Å²) in [7, 11) is 0. The first-order valence-corrected chi connectivity index (χ1v) is 6.88. The van der Waals surface area contributed by atoms with Gasteiger partial charge in [-0.3, -0.25) is 4.79 Å². The van der Waals surface area contributed by atoms with Gasteiger partial charge in [-0.1, -0.05) is 50.1 Å². The SMILES string of the molecule is Cc1ccc(C2(CNC(=O)C(C)C)CCC2)cc1. The first-order chi connectivity index (χ1) is 8.53. The standard InChI is InChI=1S/C16H23NO/c1-12(2)15(18)17-11-16(9-4-10-16)14-7-5-13(3)6-8-14/h5-8,12H,4,9-11H2,1-3H3,(H,17,18). The molecule has 1 saturated carbocycles. The Morgan fingerprint density at radius 3 is 2.33 bits per heavy atom. The van der Waals surface area contributed by atoms with Gasteiger partial charge >= 0.3 is 0 Å². The van der Waals surface area contributed by atoms with Crippen LogP contribution in [-0.2, 0) is 10.2 Å². The van der Waals surface area contributed by atoms with E-state index in [1.807, 2.05) is 13.8 Å². The van der Waals surface area contributed by atoms with Crippen LogP contribution in [0.2, 0.25) is 0 Å². The molecule has 0 saturated heterocycles. The van der Waals surface area contributed by atoms with Crippen LogP contribution in [0.5, 0.6) is 0 Å². The fraction of sp³-hybridized carbons (Fsp3) is 0.562. The van der Waals surface area contributed by atoms with Crippen molar-refractivity contribution in [3.63, 3.8) is 0 Å². The highest BCUT2D eigenvalue weighted by Crippen LogP contribution is 2.43. The molecule has 0 unspecified atom stereocenters. The zero-order valence-electron chi connectivity index (χ0n) is 11.6. The summed E-state index contributed by atoms with van der Waals surface area (Å²) in [5, 5.41) is 3.10. The molecule has 1 aromatic carbocycles. The monoisotopic (exact) mass is 245 g/mol. The minimum absolute atomic E-state index is 0.0696. The lowest BCUT2D eigenvalue weighted by Gasteiger charge is -2.42. The molecule has 0 heterocycles. The van der Waals surface area contributed by atoms with Gasteiger partial charge in [0.15, 0.2) is 0 Å². The van der Waals surface area contributed by atoms with Gasteiger partial charge in [-0.05, 0) is 25.3 Å². The summed E-state index contributed by atoms with van der Waals surface area (Å²) < 4.78 is 0. The molecule has 0 atom stereocenters. The van der Waals surface area contributed by atoms with Gasteiger partial charge in [0.2, 0.25) is 5.91 Å². The van der Waals surface area contributed by atoms with Crippen molar-refractivity contribution in [3.05, 3.63) is 35.4 Å². The minimum Gasteiger partial charge on any atom is -0.355 e. The average molecular weight is 245 g/mol. The number of hydrogen-bond donors (Lipinski definition) is 1. The molecule has 0 spiro atoms. The lowest BCUT2D eigenvalue weighted by atomic mass is 9.64. The minimum atomic E-state index is 0.0696. The van der Waals surface area contributed by atoms with Crippen LogP contribution in [0.25, 0.3) is 0 Å². The molecule has 1 amide bonds. The molecule has 0 aromatic heterocycles. The molecule has 2 nitrogen and oxygen atoms in total. The van der Waals surface area contributed by atoms with Crippen LogP contribution in [0, 0.1) is 12.8 Å². The Balaban J connectivity index is 2.07. The average Bonchev–Trinajstić information content (AvgIpc) is 2.29. The van der Waals surface area contributed by atoms with Crippen LogP contribution >= 0.6 is 0 Å². The van der Waals surface area contributed by atoms with Gasteiger partial charge < -0.3 is 5.32 Å². The lowest BCUT2D eigenvalue weighted by Crippen LogP contribution is -2.46. The number of amides is 1. The van der Waals surface area contributed by atoms with Gasteiger partial charge in [0.25, 0.3) is 0 Å². The van der Waals surface area contributed by atoms with Crippen LogP contribution in [0.3, 0.4) is 0 Å². The van der Waals surface area contributed by atoms with Crippen molar-refractivity contribution in [2.24, 2.45) is 5.92 Å². The van der Waals surface area contributed by atoms with Gasteiger partial charge in [0.1, 0.15) is 0 Å². The molecule has 1 aromatic rings. The van der Waals surface area contributed by atoms with E-state index in [4.69, 9.17) is 0 Å². The summed E-state index contributed by atoms with van der Waals surface area (Å²) in [6.45, 7) is 6.77. The van der Waals surface area contributed by atoms with Gasteiger partial charge in [-0.15, -0.1) is 0 Å². The zero-order valence-corrected chi connectivity index (χ0v) is 11.6. The van der Waals surface area contributed by atoms with E-state index in [0.29, 0.717) is 0 Å². The van der Waals surface area contributed by atoms with Crippen molar-refractivity contribution in [2.75, 3.05) is 6.54 Å². The molecule has 0 bridgehead atoms. The van der Waals surface area contributed by atoms with Gasteiger partial charge in [-0.25, -0.2) is 0 Å². The Labute approximate surface area is 110 Å². The highest BCUT2D eigenvalue weighted by molar-refractivity contribution is 5.78. The Kier molecular flexibility index (Phi) is 3.74. The third-order valence-corrected chi connectivity index (χ3v) is 4.10. The lowest BCUT2D eigenvalue weighted by molar-refractivity contribution is -0.124. The molecule has 1 aliphatic rings. The first-order valence-electron chi connectivity index (χ1n) is 6.88. The summed E-state index contributed by atoms with van der Waals surface area (Å²) in [6, 6.07) is 8.77. The first kappa shape index (κ1) is 13.1. The van der Waals surface area contributed by atoms with E-state index in [2.05, 4.69) is 36.5 Å². The van der Waals surface area contributed by atoms with E-state index in [1.54, 1.807) is 0 Å². The summed E-state index contributed by atoms with van der Waals surface area (Å²) in [5.41, 5.74) is 2.86. The van der Waals surface area contributed by atoms with E-state index in [1.165, 1.54) is 30.4 Å². The van der Waals surface area contributed by atoms with E-state index >= 15 is 0 Å². The number of aryl methyl sites for hydroxylation is 1. The van der Waals surface area contributed by atoms with Gasteiger partial charge in [0, 0.05) is 17.9 Å². The molecule has 1 N–H and O–H groups in total. The molecule has 0 radical (unpaired) electrons. The number of rotatable bonds is 4. The van der Waals surface area contributed by atoms with Crippen LogP contribution in [-0.4, -0.2) is 12.5 Å². The van der Waals surface area contributed by atoms with E-state index < -0.39 is 0 Å². The molecule has 2 rings (SSSR count). The van der Waals surface area contributed by atoms with E-state index in [0.717, 1.165) is 6.54 Å². The number of carbonyl (C=O) groups is 1. The van der Waals surface area contributed by atoms with Crippen molar-refractivity contribution >= 4 is 5.91 Å². The van der Waals surface area contributed by atoms with E-state index in [-0.39, 0.29) is 17.2 Å². The summed E-state index contributed by atoms with van der Waals surface area (Å²) in [4.78, 5) is 11.7. The molecular weight excluding hydrogens is 222 g/mol. The predicted molar refractivity (Wildman–Crippen MR) is 74.6 cm³/mol. The Hall–Kier alpha value is -1.31. The maximum atomic E-state index is 11.7. The van der Waals surface area contributed by atoms with E-state index in [9.17, 15) is 4.79 Å². The second-order valence-electron chi connectivity index (χ2n) is 5.87. The molecule has 98 valence electrons. The largest absolute Gasteiger partial charge is 0.355 e. The maximum absolute atomic E-state index is 11.7. The third-order valence-electron chi connectivity index (χ3n) is 4.10. The Bertz CT molecular complexity index is 415. The number of hydrogen-bond acceptors (Lipinski definition) is 1. The fourth-order valence-electron chi connectivity index (χ4n) is 2.54. The second kappa shape index (κ2) is 5.13. The zero-order chi connectivity index (χ0) is 13.2. The quantitative estimate of drug-likeness (QED) is 0.867. The van der Waals surface area contributed by atoms with Crippen molar-refractivity contribution < 1.29 is 4.79 Å². The fourth-order valence-corrected chi connectivity index (χ4v) is 2.54. The topological polar surface area (TPSA) is 29.1 Å². The van der Waals surface area contributed by atoms with Crippen molar-refractivity contribution in [3.8, 4) is 0 Å². The molecule has 2 heteroatoms. The highest BCUT2D eigenvalue weighted by Gasteiger charge is 2.38. The summed E-state index contributed by atoms with van der Waals surface area (Å²) in [5.74, 6) is 0.230.